The molecule has 1 heterocycles. The summed E-state index contributed by atoms with van der Waals surface area (Å²) in [6, 6.07) is 10.2. The van der Waals surface area contributed by atoms with Crippen molar-refractivity contribution in [1.82, 2.24) is 14.9 Å². The molecular weight excluding hydrogens is 222 g/mol. The predicted octanol–water partition coefficient (Wildman–Crippen LogP) is 2.72. The monoisotopic (exact) mass is 241 g/mol. The van der Waals surface area contributed by atoms with E-state index in [1.54, 1.807) is 0 Å². The van der Waals surface area contributed by atoms with Gasteiger partial charge in [0.1, 0.15) is 5.82 Å². The molecule has 0 bridgehead atoms. The molecule has 0 aliphatic heterocycles. The summed E-state index contributed by atoms with van der Waals surface area (Å²) >= 11 is 0. The molecule has 0 saturated carbocycles. The van der Waals surface area contributed by atoms with E-state index >= 15 is 0 Å². The van der Waals surface area contributed by atoms with E-state index in [1.165, 1.54) is 0 Å². The van der Waals surface area contributed by atoms with Crippen LogP contribution in [-0.2, 0) is 6.54 Å². The maximum Gasteiger partial charge on any atom is 0.140 e. The number of imidazole rings is 1. The first-order valence-corrected chi connectivity index (χ1v) is 6.25. The Morgan fingerprint density at radius 2 is 2.11 bits per heavy atom. The molecule has 0 amide bonds. The third-order valence-electron chi connectivity index (χ3n) is 2.77. The van der Waals surface area contributed by atoms with E-state index < -0.39 is 0 Å². The SMILES string of the molecule is C=C(CNCC)Cn1ccnc1-c1ccccc1. The van der Waals surface area contributed by atoms with Gasteiger partial charge in [0.25, 0.3) is 0 Å². The number of rotatable bonds is 6. The Morgan fingerprint density at radius 1 is 1.33 bits per heavy atom. The van der Waals surface area contributed by atoms with Gasteiger partial charge in [-0.2, -0.15) is 0 Å². The zero-order valence-electron chi connectivity index (χ0n) is 10.8. The van der Waals surface area contributed by atoms with Crippen molar-refractivity contribution in [3.63, 3.8) is 0 Å². The second kappa shape index (κ2) is 6.17. The van der Waals surface area contributed by atoms with Crippen LogP contribution in [0.5, 0.6) is 0 Å². The second-order valence-corrected chi connectivity index (χ2v) is 4.28. The van der Waals surface area contributed by atoms with Crippen LogP contribution in [0.1, 0.15) is 6.92 Å². The largest absolute Gasteiger partial charge is 0.327 e. The lowest BCUT2D eigenvalue weighted by Gasteiger charge is -2.10. The lowest BCUT2D eigenvalue weighted by Crippen LogP contribution is -2.18. The van der Waals surface area contributed by atoms with Crippen molar-refractivity contribution < 1.29 is 0 Å². The third-order valence-corrected chi connectivity index (χ3v) is 2.77. The van der Waals surface area contributed by atoms with Crippen LogP contribution < -0.4 is 5.32 Å². The Balaban J connectivity index is 2.11. The van der Waals surface area contributed by atoms with Crippen LogP contribution in [0.25, 0.3) is 11.4 Å². The summed E-state index contributed by atoms with van der Waals surface area (Å²) in [6.45, 7) is 8.81. The van der Waals surface area contributed by atoms with Gasteiger partial charge >= 0.3 is 0 Å². The number of benzene rings is 1. The molecule has 0 aliphatic rings. The zero-order valence-corrected chi connectivity index (χ0v) is 10.8. The molecule has 1 aromatic heterocycles. The summed E-state index contributed by atoms with van der Waals surface area (Å²) in [5.74, 6) is 0.994. The minimum Gasteiger partial charge on any atom is -0.327 e. The second-order valence-electron chi connectivity index (χ2n) is 4.28. The summed E-state index contributed by atoms with van der Waals surface area (Å²) in [5, 5.41) is 3.29. The standard InChI is InChI=1S/C15H19N3/c1-3-16-11-13(2)12-18-10-9-17-15(18)14-7-5-4-6-8-14/h4-10,16H,2-3,11-12H2,1H3. The highest BCUT2D eigenvalue weighted by Crippen LogP contribution is 2.17. The Bertz CT molecular complexity index is 499. The first-order valence-electron chi connectivity index (χ1n) is 6.25. The molecule has 1 N–H and O–H groups in total. The van der Waals surface area contributed by atoms with Gasteiger partial charge in [-0.3, -0.25) is 0 Å². The predicted molar refractivity (Wildman–Crippen MR) is 75.3 cm³/mol. The molecule has 2 aromatic rings. The summed E-state index contributed by atoms with van der Waals surface area (Å²) in [5.41, 5.74) is 2.30. The highest BCUT2D eigenvalue weighted by molar-refractivity contribution is 5.55. The molecule has 94 valence electrons. The van der Waals surface area contributed by atoms with Crippen molar-refractivity contribution in [2.75, 3.05) is 13.1 Å². The molecule has 0 radical (unpaired) electrons. The van der Waals surface area contributed by atoms with E-state index in [0.29, 0.717) is 0 Å². The first-order chi connectivity index (χ1) is 8.81. The van der Waals surface area contributed by atoms with Crippen molar-refractivity contribution in [2.45, 2.75) is 13.5 Å². The summed E-state index contributed by atoms with van der Waals surface area (Å²) < 4.78 is 2.13. The van der Waals surface area contributed by atoms with E-state index in [0.717, 1.165) is 36.6 Å². The molecule has 0 atom stereocenters. The quantitative estimate of drug-likeness (QED) is 0.788. The average Bonchev–Trinajstić information content (AvgIpc) is 2.85. The molecule has 0 aliphatic carbocycles. The minimum atomic E-state index is 0.803. The highest BCUT2D eigenvalue weighted by Gasteiger charge is 2.05. The molecular formula is C15H19N3. The average molecular weight is 241 g/mol. The van der Waals surface area contributed by atoms with Crippen LogP contribution in [0.15, 0.2) is 54.9 Å². The van der Waals surface area contributed by atoms with Crippen LogP contribution in [-0.4, -0.2) is 22.6 Å². The maximum atomic E-state index is 4.42. The number of nitrogens with zero attached hydrogens (tertiary/aromatic N) is 2. The van der Waals surface area contributed by atoms with Gasteiger partial charge in [-0.05, 0) is 12.1 Å². The van der Waals surface area contributed by atoms with Gasteiger partial charge in [0, 0.05) is 31.0 Å². The fourth-order valence-electron chi connectivity index (χ4n) is 1.88. The number of hydrogen-bond acceptors (Lipinski definition) is 2. The Morgan fingerprint density at radius 3 is 2.83 bits per heavy atom. The Labute approximate surface area is 108 Å². The van der Waals surface area contributed by atoms with Gasteiger partial charge < -0.3 is 9.88 Å². The van der Waals surface area contributed by atoms with E-state index in [4.69, 9.17) is 0 Å². The zero-order chi connectivity index (χ0) is 12.8. The smallest absolute Gasteiger partial charge is 0.140 e. The number of nitrogens with one attached hydrogen (secondary N) is 1. The van der Waals surface area contributed by atoms with E-state index in [9.17, 15) is 0 Å². The van der Waals surface area contributed by atoms with E-state index in [-0.39, 0.29) is 0 Å². The lowest BCUT2D eigenvalue weighted by molar-refractivity contribution is 0.708. The Hall–Kier alpha value is -1.87. The molecule has 2 rings (SSSR count). The van der Waals surface area contributed by atoms with Crippen LogP contribution in [0.2, 0.25) is 0 Å². The van der Waals surface area contributed by atoms with E-state index in [2.05, 4.69) is 40.5 Å². The summed E-state index contributed by atoms with van der Waals surface area (Å²) in [4.78, 5) is 4.42. The number of hydrogen-bond donors (Lipinski definition) is 1. The molecule has 3 nitrogen and oxygen atoms in total. The highest BCUT2D eigenvalue weighted by atomic mass is 15.1. The Kier molecular flexibility index (Phi) is 4.31. The molecule has 0 unspecified atom stereocenters. The fraction of sp³-hybridized carbons (Fsp3) is 0.267. The lowest BCUT2D eigenvalue weighted by atomic mass is 10.2. The van der Waals surface area contributed by atoms with Crippen LogP contribution in [0.4, 0.5) is 0 Å². The van der Waals surface area contributed by atoms with Gasteiger partial charge in [-0.15, -0.1) is 0 Å². The molecule has 1 aromatic carbocycles. The van der Waals surface area contributed by atoms with Crippen molar-refractivity contribution in [3.8, 4) is 11.4 Å². The van der Waals surface area contributed by atoms with Gasteiger partial charge in [-0.25, -0.2) is 4.98 Å². The minimum absolute atomic E-state index is 0.803. The van der Waals surface area contributed by atoms with E-state index in [1.807, 2.05) is 30.6 Å². The van der Waals surface area contributed by atoms with Crippen molar-refractivity contribution in [1.29, 1.82) is 0 Å². The summed E-state index contributed by atoms with van der Waals surface area (Å²) in [7, 11) is 0. The van der Waals surface area contributed by atoms with Gasteiger partial charge in [0.15, 0.2) is 0 Å². The number of aromatic nitrogens is 2. The fourth-order valence-corrected chi connectivity index (χ4v) is 1.88. The normalized spacial score (nSPS) is 10.5. The van der Waals surface area contributed by atoms with Crippen LogP contribution >= 0.6 is 0 Å². The van der Waals surface area contributed by atoms with Gasteiger partial charge in [-0.1, -0.05) is 43.8 Å². The van der Waals surface area contributed by atoms with Crippen molar-refractivity contribution in [2.24, 2.45) is 0 Å². The molecule has 3 heteroatoms. The maximum absolute atomic E-state index is 4.42. The number of likely N-dealkylation sites (N-methyl/N-ethyl adjacent to an activating group) is 1. The van der Waals surface area contributed by atoms with Crippen LogP contribution in [0.3, 0.4) is 0 Å². The molecule has 0 saturated heterocycles. The van der Waals surface area contributed by atoms with Crippen LogP contribution in [0, 0.1) is 0 Å². The van der Waals surface area contributed by atoms with Gasteiger partial charge in [0.2, 0.25) is 0 Å². The molecule has 0 fully saturated rings. The molecule has 0 spiro atoms. The first kappa shape index (κ1) is 12.6. The van der Waals surface area contributed by atoms with Crippen molar-refractivity contribution in [3.05, 3.63) is 54.9 Å². The van der Waals surface area contributed by atoms with Gasteiger partial charge in [0.05, 0.1) is 0 Å². The molecule has 18 heavy (non-hydrogen) atoms. The van der Waals surface area contributed by atoms with Crippen molar-refractivity contribution >= 4 is 0 Å². The topological polar surface area (TPSA) is 29.9 Å². The summed E-state index contributed by atoms with van der Waals surface area (Å²) in [6.07, 6.45) is 3.84. The third kappa shape index (κ3) is 3.08.